The Morgan fingerprint density at radius 1 is 1.50 bits per heavy atom. The van der Waals surface area contributed by atoms with Crippen LogP contribution in [0.5, 0.6) is 0 Å². The predicted octanol–water partition coefficient (Wildman–Crippen LogP) is 2.59. The molecule has 1 heterocycles. The molecule has 0 fully saturated rings. The molecule has 0 aliphatic carbocycles. The second kappa shape index (κ2) is 6.30. The Morgan fingerprint density at radius 3 is 2.85 bits per heavy atom. The Kier molecular flexibility index (Phi) is 4.48. The van der Waals surface area contributed by atoms with E-state index in [4.69, 9.17) is 9.78 Å². The number of nitriles is 1. The minimum Gasteiger partial charge on any atom is -0.344 e. The Balaban J connectivity index is 2.10. The number of rotatable bonds is 4. The first-order valence-corrected chi connectivity index (χ1v) is 6.65. The van der Waals surface area contributed by atoms with Crippen LogP contribution in [0, 0.1) is 11.3 Å². The summed E-state index contributed by atoms with van der Waals surface area (Å²) in [5.41, 5.74) is 0.818. The molecule has 0 radical (unpaired) electrons. The summed E-state index contributed by atoms with van der Waals surface area (Å²) < 4.78 is 6.08. The van der Waals surface area contributed by atoms with Gasteiger partial charge in [0.25, 0.3) is 0 Å². The lowest BCUT2D eigenvalue weighted by atomic mass is 10.2. The first-order valence-electron chi connectivity index (χ1n) is 5.86. The highest BCUT2D eigenvalue weighted by atomic mass is 79.9. The summed E-state index contributed by atoms with van der Waals surface area (Å²) in [6.07, 6.45) is -0.196. The number of aromatic nitrogens is 2. The second-order valence-electron chi connectivity index (χ2n) is 4.09. The fraction of sp³-hybridized carbons (Fsp3) is 0.231. The highest BCUT2D eigenvalue weighted by Crippen LogP contribution is 2.20. The van der Waals surface area contributed by atoms with E-state index in [1.807, 2.05) is 24.3 Å². The van der Waals surface area contributed by atoms with Gasteiger partial charge in [-0.2, -0.15) is 10.2 Å². The quantitative estimate of drug-likeness (QED) is 0.927. The first kappa shape index (κ1) is 14.2. The highest BCUT2D eigenvalue weighted by Gasteiger charge is 2.17. The van der Waals surface area contributed by atoms with Gasteiger partial charge in [-0.1, -0.05) is 21.1 Å². The van der Waals surface area contributed by atoms with E-state index in [1.54, 1.807) is 13.0 Å². The molecule has 0 saturated carbocycles. The smallest absolute Gasteiger partial charge is 0.249 e. The number of benzene rings is 1. The van der Waals surface area contributed by atoms with E-state index >= 15 is 0 Å². The Labute approximate surface area is 123 Å². The lowest BCUT2D eigenvalue weighted by Gasteiger charge is -2.06. The van der Waals surface area contributed by atoms with Crippen LogP contribution < -0.4 is 5.32 Å². The molecule has 1 N–H and O–H groups in total. The number of nitrogens with one attached hydrogen (secondary N) is 1. The molecule has 20 heavy (non-hydrogen) atoms. The van der Waals surface area contributed by atoms with Crippen LogP contribution in [0.4, 0.5) is 0 Å². The molecule has 0 aliphatic rings. The molecule has 1 unspecified atom stereocenters. The van der Waals surface area contributed by atoms with Gasteiger partial charge in [0.1, 0.15) is 12.5 Å². The van der Waals surface area contributed by atoms with Gasteiger partial charge in [0, 0.05) is 10.0 Å². The molecule has 0 saturated heterocycles. The molecule has 0 bridgehead atoms. The van der Waals surface area contributed by atoms with Gasteiger partial charge in [-0.05, 0) is 31.2 Å². The molecular formula is C13H11BrN4O2. The van der Waals surface area contributed by atoms with Gasteiger partial charge in [0.05, 0.1) is 6.07 Å². The van der Waals surface area contributed by atoms with E-state index in [0.717, 1.165) is 10.0 Å². The monoisotopic (exact) mass is 334 g/mol. The van der Waals surface area contributed by atoms with E-state index in [2.05, 4.69) is 31.4 Å². The average Bonchev–Trinajstić information content (AvgIpc) is 2.89. The lowest BCUT2D eigenvalue weighted by Crippen LogP contribution is -2.26. The van der Waals surface area contributed by atoms with Crippen LogP contribution in [0.15, 0.2) is 33.3 Å². The van der Waals surface area contributed by atoms with Crippen molar-refractivity contribution in [1.82, 2.24) is 15.5 Å². The number of amides is 1. The Morgan fingerprint density at radius 2 is 2.20 bits per heavy atom. The first-order chi connectivity index (χ1) is 9.60. The fourth-order valence-corrected chi connectivity index (χ4v) is 1.82. The van der Waals surface area contributed by atoms with Crippen LogP contribution in [0.2, 0.25) is 0 Å². The number of hydrogen-bond acceptors (Lipinski definition) is 5. The molecule has 102 valence electrons. The highest BCUT2D eigenvalue weighted by molar-refractivity contribution is 9.10. The maximum Gasteiger partial charge on any atom is 0.249 e. The van der Waals surface area contributed by atoms with Crippen molar-refractivity contribution in [2.24, 2.45) is 0 Å². The standard InChI is InChI=1S/C13H11BrN4O2/c1-8(16-11(19)6-7-15)13-17-12(18-20-13)9-2-4-10(14)5-3-9/h2-5,8H,6H2,1H3,(H,16,19). The van der Waals surface area contributed by atoms with Crippen molar-refractivity contribution in [3.63, 3.8) is 0 Å². The van der Waals surface area contributed by atoms with Gasteiger partial charge < -0.3 is 9.84 Å². The molecule has 1 aromatic carbocycles. The third-order valence-electron chi connectivity index (χ3n) is 2.53. The number of hydrogen-bond donors (Lipinski definition) is 1. The summed E-state index contributed by atoms with van der Waals surface area (Å²) in [7, 11) is 0. The van der Waals surface area contributed by atoms with Crippen molar-refractivity contribution in [2.45, 2.75) is 19.4 Å². The molecule has 0 aliphatic heterocycles. The summed E-state index contributed by atoms with van der Waals surface area (Å²) in [6.45, 7) is 1.72. The number of carbonyl (C=O) groups is 1. The number of carbonyl (C=O) groups excluding carboxylic acids is 1. The van der Waals surface area contributed by atoms with Crippen LogP contribution in [0.3, 0.4) is 0 Å². The van der Waals surface area contributed by atoms with Crippen molar-refractivity contribution >= 4 is 21.8 Å². The fourth-order valence-electron chi connectivity index (χ4n) is 1.55. The van der Waals surface area contributed by atoms with Crippen molar-refractivity contribution in [1.29, 1.82) is 5.26 Å². The molecule has 7 heteroatoms. The van der Waals surface area contributed by atoms with Gasteiger partial charge in [-0.25, -0.2) is 0 Å². The van der Waals surface area contributed by atoms with E-state index in [-0.39, 0.29) is 12.3 Å². The molecule has 1 amide bonds. The van der Waals surface area contributed by atoms with Crippen LogP contribution in [0.25, 0.3) is 11.4 Å². The van der Waals surface area contributed by atoms with Crippen molar-refractivity contribution in [3.8, 4) is 17.5 Å². The van der Waals surface area contributed by atoms with E-state index in [9.17, 15) is 4.79 Å². The third kappa shape index (κ3) is 3.42. The summed E-state index contributed by atoms with van der Waals surface area (Å²) in [6, 6.07) is 8.81. The zero-order valence-corrected chi connectivity index (χ0v) is 12.2. The summed E-state index contributed by atoms with van der Waals surface area (Å²) in [5, 5.41) is 14.9. The van der Waals surface area contributed by atoms with Gasteiger partial charge >= 0.3 is 0 Å². The zero-order chi connectivity index (χ0) is 14.5. The van der Waals surface area contributed by atoms with Gasteiger partial charge in [-0.15, -0.1) is 0 Å². The number of halogens is 1. The number of nitrogens with zero attached hydrogens (tertiary/aromatic N) is 3. The van der Waals surface area contributed by atoms with E-state index in [1.165, 1.54) is 0 Å². The van der Waals surface area contributed by atoms with E-state index in [0.29, 0.717) is 11.7 Å². The van der Waals surface area contributed by atoms with Gasteiger partial charge in [0.2, 0.25) is 17.6 Å². The Bertz CT molecular complexity index is 645. The summed E-state index contributed by atoms with van der Waals surface area (Å²) in [5.74, 6) is 0.381. The summed E-state index contributed by atoms with van der Waals surface area (Å²) in [4.78, 5) is 15.5. The molecule has 2 aromatic rings. The van der Waals surface area contributed by atoms with Crippen LogP contribution in [-0.2, 0) is 4.79 Å². The third-order valence-corrected chi connectivity index (χ3v) is 3.06. The molecule has 2 rings (SSSR count). The average molecular weight is 335 g/mol. The Hall–Kier alpha value is -2.20. The lowest BCUT2D eigenvalue weighted by molar-refractivity contribution is -0.120. The summed E-state index contributed by atoms with van der Waals surface area (Å²) >= 11 is 3.35. The second-order valence-corrected chi connectivity index (χ2v) is 5.00. The SMILES string of the molecule is CC(NC(=O)CC#N)c1nc(-c2ccc(Br)cc2)no1. The van der Waals surface area contributed by atoms with E-state index < -0.39 is 6.04 Å². The van der Waals surface area contributed by atoms with Crippen LogP contribution >= 0.6 is 15.9 Å². The predicted molar refractivity (Wildman–Crippen MR) is 74.2 cm³/mol. The van der Waals surface area contributed by atoms with Crippen LogP contribution in [0.1, 0.15) is 25.3 Å². The van der Waals surface area contributed by atoms with Crippen LogP contribution in [-0.4, -0.2) is 16.0 Å². The minimum absolute atomic E-state index is 0.196. The molecule has 0 spiro atoms. The van der Waals surface area contributed by atoms with Gasteiger partial charge in [0.15, 0.2) is 0 Å². The minimum atomic E-state index is -0.437. The topological polar surface area (TPSA) is 91.8 Å². The van der Waals surface area contributed by atoms with Crippen molar-refractivity contribution < 1.29 is 9.32 Å². The molecular weight excluding hydrogens is 324 g/mol. The maximum atomic E-state index is 11.3. The van der Waals surface area contributed by atoms with Crippen molar-refractivity contribution in [2.75, 3.05) is 0 Å². The molecule has 6 nitrogen and oxygen atoms in total. The normalized spacial score (nSPS) is 11.7. The largest absolute Gasteiger partial charge is 0.344 e. The molecule has 1 aromatic heterocycles. The van der Waals surface area contributed by atoms with Crippen molar-refractivity contribution in [3.05, 3.63) is 34.6 Å². The van der Waals surface area contributed by atoms with Gasteiger partial charge in [-0.3, -0.25) is 4.79 Å². The zero-order valence-electron chi connectivity index (χ0n) is 10.6. The maximum absolute atomic E-state index is 11.3. The molecule has 1 atom stereocenters.